The molecule has 0 aliphatic carbocycles. The summed E-state index contributed by atoms with van der Waals surface area (Å²) >= 11 is 0. The average Bonchev–Trinajstić information content (AvgIpc) is 2.28. The van der Waals surface area contributed by atoms with Gasteiger partial charge in [-0.1, -0.05) is 30.3 Å². The number of hydrogen-bond acceptors (Lipinski definition) is 3. The second kappa shape index (κ2) is 6.74. The molecule has 0 spiro atoms. The Morgan fingerprint density at radius 1 is 1.33 bits per heavy atom. The minimum Gasteiger partial charge on any atom is -0.386 e. The highest BCUT2D eigenvalue weighted by Gasteiger charge is 2.07. The Bertz CT molecular complexity index is 447. The van der Waals surface area contributed by atoms with E-state index < -0.39 is 0 Å². The Hall–Kier alpha value is -1.90. The van der Waals surface area contributed by atoms with Crippen LogP contribution in [-0.4, -0.2) is 17.5 Å². The zero-order chi connectivity index (χ0) is 13.5. The van der Waals surface area contributed by atoms with E-state index in [1.165, 1.54) is 6.92 Å². The fraction of sp³-hybridized carbons (Fsp3) is 0.333. The van der Waals surface area contributed by atoms with Crippen molar-refractivity contribution in [1.29, 1.82) is 5.41 Å². The summed E-state index contributed by atoms with van der Waals surface area (Å²) < 4.78 is 0. The summed E-state index contributed by atoms with van der Waals surface area (Å²) in [5.41, 5.74) is 2.19. The summed E-state index contributed by atoms with van der Waals surface area (Å²) in [6, 6.07) is 9.81. The largest absolute Gasteiger partial charge is 0.386 e. The second-order valence-corrected chi connectivity index (χ2v) is 4.60. The second-order valence-electron chi connectivity index (χ2n) is 4.60. The van der Waals surface area contributed by atoms with Gasteiger partial charge in [0.25, 0.3) is 0 Å². The molecule has 0 atom stereocenters. The van der Waals surface area contributed by atoms with Gasteiger partial charge in [-0.05, 0) is 26.3 Å². The van der Waals surface area contributed by atoms with Crippen molar-refractivity contribution in [2.75, 3.05) is 0 Å². The summed E-state index contributed by atoms with van der Waals surface area (Å²) in [6.07, 6.45) is 2.01. The molecule has 0 aliphatic rings. The van der Waals surface area contributed by atoms with Crippen LogP contribution in [0.25, 0.3) is 0 Å². The first kappa shape index (κ1) is 14.2. The van der Waals surface area contributed by atoms with Crippen LogP contribution in [0.2, 0.25) is 0 Å². The molecule has 0 amide bonds. The van der Waals surface area contributed by atoms with Gasteiger partial charge in [-0.25, -0.2) is 0 Å². The van der Waals surface area contributed by atoms with Crippen LogP contribution < -0.4 is 5.32 Å². The third-order valence-electron chi connectivity index (χ3n) is 2.34. The Morgan fingerprint density at radius 3 is 2.44 bits per heavy atom. The molecule has 2 N–H and O–H groups in total. The van der Waals surface area contributed by atoms with Gasteiger partial charge in [0.2, 0.25) is 0 Å². The molecule has 3 heteroatoms. The predicted molar refractivity (Wildman–Crippen MR) is 74.9 cm³/mol. The van der Waals surface area contributed by atoms with Crippen molar-refractivity contribution >= 4 is 11.5 Å². The maximum Gasteiger partial charge on any atom is 0.154 e. The monoisotopic (exact) mass is 244 g/mol. The number of ketones is 1. The minimum atomic E-state index is -0.000915. The highest BCUT2D eigenvalue weighted by Crippen LogP contribution is 2.08. The van der Waals surface area contributed by atoms with Gasteiger partial charge >= 0.3 is 0 Å². The van der Waals surface area contributed by atoms with Crippen molar-refractivity contribution in [2.24, 2.45) is 0 Å². The third-order valence-corrected chi connectivity index (χ3v) is 2.34. The van der Waals surface area contributed by atoms with Crippen LogP contribution in [0.1, 0.15) is 32.8 Å². The Morgan fingerprint density at radius 2 is 1.94 bits per heavy atom. The Balaban J connectivity index is 2.78. The van der Waals surface area contributed by atoms with Crippen LogP contribution in [-0.2, 0) is 4.79 Å². The molecule has 0 aliphatic heterocycles. The number of carbonyl (C=O) groups excluding carboxylic acids is 1. The standard InChI is InChI=1S/C15H20N2O/c1-11(2)17-14(9-12(3)18)10-15(16)13-7-5-4-6-8-13/h4-9,11,16-17H,10H2,1-3H3/b14-9-,16-15?. The van der Waals surface area contributed by atoms with E-state index in [0.717, 1.165) is 11.3 Å². The van der Waals surface area contributed by atoms with E-state index in [9.17, 15) is 4.79 Å². The minimum absolute atomic E-state index is 0.000915. The number of nitrogens with one attached hydrogen (secondary N) is 2. The number of benzene rings is 1. The lowest BCUT2D eigenvalue weighted by molar-refractivity contribution is -0.112. The predicted octanol–water partition coefficient (Wildman–Crippen LogP) is 2.92. The zero-order valence-corrected chi connectivity index (χ0v) is 11.2. The van der Waals surface area contributed by atoms with Gasteiger partial charge in [0.05, 0.1) is 0 Å². The van der Waals surface area contributed by atoms with E-state index >= 15 is 0 Å². The van der Waals surface area contributed by atoms with Gasteiger partial charge in [0.15, 0.2) is 5.78 Å². The Labute approximate surface area is 108 Å². The fourth-order valence-electron chi connectivity index (χ4n) is 1.69. The SMILES string of the molecule is CC(=O)/C=C(/CC(=N)c1ccccc1)NC(C)C. The van der Waals surface area contributed by atoms with Crippen molar-refractivity contribution in [2.45, 2.75) is 33.2 Å². The highest BCUT2D eigenvalue weighted by atomic mass is 16.1. The molecule has 0 saturated carbocycles. The molecule has 1 rings (SSSR count). The molecule has 0 fully saturated rings. The first-order chi connectivity index (χ1) is 8.49. The molecule has 0 aromatic heterocycles. The molecule has 0 unspecified atom stereocenters. The topological polar surface area (TPSA) is 53.0 Å². The van der Waals surface area contributed by atoms with E-state index in [-0.39, 0.29) is 11.8 Å². The summed E-state index contributed by atoms with van der Waals surface area (Å²) in [6.45, 7) is 5.55. The van der Waals surface area contributed by atoms with Gasteiger partial charge in [-0.2, -0.15) is 0 Å². The van der Waals surface area contributed by atoms with E-state index in [0.29, 0.717) is 12.1 Å². The summed E-state index contributed by atoms with van der Waals surface area (Å²) in [5, 5.41) is 11.3. The molecule has 0 saturated heterocycles. The molecule has 0 bridgehead atoms. The van der Waals surface area contributed by atoms with Crippen LogP contribution >= 0.6 is 0 Å². The van der Waals surface area contributed by atoms with Crippen LogP contribution in [0.15, 0.2) is 42.1 Å². The molecular weight excluding hydrogens is 224 g/mol. The number of carbonyl (C=O) groups is 1. The lowest BCUT2D eigenvalue weighted by Crippen LogP contribution is -2.24. The number of rotatable bonds is 6. The third kappa shape index (κ3) is 4.95. The lowest BCUT2D eigenvalue weighted by Gasteiger charge is -2.14. The summed E-state index contributed by atoms with van der Waals surface area (Å²) in [5.74, 6) is -0.000915. The quantitative estimate of drug-likeness (QED) is 0.597. The summed E-state index contributed by atoms with van der Waals surface area (Å²) in [4.78, 5) is 11.2. The Kier molecular flexibility index (Phi) is 5.31. The zero-order valence-electron chi connectivity index (χ0n) is 11.2. The van der Waals surface area contributed by atoms with E-state index in [1.54, 1.807) is 6.08 Å². The molecule has 1 aromatic carbocycles. The van der Waals surface area contributed by atoms with Gasteiger partial charge in [0, 0.05) is 29.9 Å². The smallest absolute Gasteiger partial charge is 0.154 e. The van der Waals surface area contributed by atoms with E-state index in [4.69, 9.17) is 5.41 Å². The normalized spacial score (nSPS) is 11.4. The summed E-state index contributed by atoms with van der Waals surface area (Å²) in [7, 11) is 0. The molecule has 96 valence electrons. The van der Waals surface area contributed by atoms with Gasteiger partial charge < -0.3 is 10.7 Å². The van der Waals surface area contributed by atoms with Gasteiger partial charge in [0.1, 0.15) is 0 Å². The van der Waals surface area contributed by atoms with E-state index in [1.807, 2.05) is 44.2 Å². The molecule has 1 aromatic rings. The van der Waals surface area contributed by atoms with Crippen LogP contribution in [0, 0.1) is 5.41 Å². The van der Waals surface area contributed by atoms with E-state index in [2.05, 4.69) is 5.32 Å². The van der Waals surface area contributed by atoms with Crippen molar-refractivity contribution in [3.05, 3.63) is 47.7 Å². The molecule has 0 heterocycles. The van der Waals surface area contributed by atoms with Crippen molar-refractivity contribution < 1.29 is 4.79 Å². The highest BCUT2D eigenvalue weighted by molar-refractivity contribution is 6.00. The molecular formula is C15H20N2O. The maximum atomic E-state index is 11.2. The van der Waals surface area contributed by atoms with Crippen molar-refractivity contribution in [1.82, 2.24) is 5.32 Å². The van der Waals surface area contributed by atoms with Crippen molar-refractivity contribution in [3.8, 4) is 0 Å². The number of hydrogen-bond donors (Lipinski definition) is 2. The van der Waals surface area contributed by atoms with Crippen molar-refractivity contribution in [3.63, 3.8) is 0 Å². The van der Waals surface area contributed by atoms with Crippen LogP contribution in [0.3, 0.4) is 0 Å². The van der Waals surface area contributed by atoms with Crippen LogP contribution in [0.4, 0.5) is 0 Å². The fourth-order valence-corrected chi connectivity index (χ4v) is 1.69. The first-order valence-electron chi connectivity index (χ1n) is 6.09. The van der Waals surface area contributed by atoms with Gasteiger partial charge in [-0.3, -0.25) is 4.79 Å². The first-order valence-corrected chi connectivity index (χ1v) is 6.09. The van der Waals surface area contributed by atoms with Gasteiger partial charge in [-0.15, -0.1) is 0 Å². The maximum absolute atomic E-state index is 11.2. The van der Waals surface area contributed by atoms with Crippen LogP contribution in [0.5, 0.6) is 0 Å². The average molecular weight is 244 g/mol. The molecule has 3 nitrogen and oxygen atoms in total. The molecule has 18 heavy (non-hydrogen) atoms. The molecule has 0 radical (unpaired) electrons. The lowest BCUT2D eigenvalue weighted by atomic mass is 10.0. The number of allylic oxidation sites excluding steroid dienone is 2.